The molecule has 0 unspecified atom stereocenters. The minimum absolute atomic E-state index is 0.892. The smallest absolute Gasteiger partial charge is 0.143 e. The molecule has 0 amide bonds. The lowest BCUT2D eigenvalue weighted by Crippen LogP contribution is -2.04. The van der Waals surface area contributed by atoms with Gasteiger partial charge in [0.2, 0.25) is 0 Å². The van der Waals surface area contributed by atoms with E-state index in [9.17, 15) is 0 Å². The van der Waals surface area contributed by atoms with Gasteiger partial charge in [-0.05, 0) is 60.2 Å². The summed E-state index contributed by atoms with van der Waals surface area (Å²) in [5.41, 5.74) is 11.7. The summed E-state index contributed by atoms with van der Waals surface area (Å²) in [6, 6.07) is 60.9. The van der Waals surface area contributed by atoms with Crippen LogP contribution in [0.4, 0.5) is 0 Å². The molecule has 12 aromatic rings. The summed E-state index contributed by atoms with van der Waals surface area (Å²) in [5, 5.41) is 10.7. The van der Waals surface area contributed by atoms with E-state index in [0.717, 1.165) is 72.1 Å². The molecule has 0 fully saturated rings. The normalized spacial score (nSPS) is 12.2. The van der Waals surface area contributed by atoms with E-state index in [2.05, 4.69) is 180 Å². The molecule has 0 spiro atoms. The summed E-state index contributed by atoms with van der Waals surface area (Å²) in [4.78, 5) is 5.52. The third-order valence-corrected chi connectivity index (χ3v) is 11.5. The minimum atomic E-state index is 0.892. The zero-order valence-electron chi connectivity index (χ0n) is 29.4. The van der Waals surface area contributed by atoms with Crippen LogP contribution < -0.4 is 0 Å². The number of furan rings is 1. The lowest BCUT2D eigenvalue weighted by Gasteiger charge is -2.18. The topological polar surface area (TPSA) is 35.9 Å². The third kappa shape index (κ3) is 3.94. The van der Waals surface area contributed by atoms with Gasteiger partial charge >= 0.3 is 0 Å². The lowest BCUT2D eigenvalue weighted by molar-refractivity contribution is 0.670. The van der Waals surface area contributed by atoms with E-state index in [1.807, 2.05) is 6.07 Å². The van der Waals surface area contributed by atoms with Gasteiger partial charge in [-0.3, -0.25) is 4.57 Å². The fourth-order valence-corrected chi connectivity index (χ4v) is 9.15. The van der Waals surface area contributed by atoms with Crippen LogP contribution in [0.25, 0.3) is 110 Å². The summed E-state index contributed by atoms with van der Waals surface area (Å²) in [7, 11) is 0. The highest BCUT2D eigenvalue weighted by molar-refractivity contribution is 6.22. The zero-order chi connectivity index (χ0) is 35.5. The highest BCUT2D eigenvalue weighted by Crippen LogP contribution is 2.44. The Morgan fingerprint density at radius 3 is 1.94 bits per heavy atom. The Labute approximate surface area is 309 Å². The van der Waals surface area contributed by atoms with Crippen LogP contribution in [0.5, 0.6) is 0 Å². The second-order valence-electron chi connectivity index (χ2n) is 14.3. The Morgan fingerprint density at radius 1 is 0.463 bits per heavy atom. The third-order valence-electron chi connectivity index (χ3n) is 11.5. The van der Waals surface area contributed by atoms with E-state index in [-0.39, 0.29) is 0 Å². The molecule has 8 aromatic carbocycles. The first-order valence-corrected chi connectivity index (χ1v) is 18.5. The molecule has 0 N–H and O–H groups in total. The van der Waals surface area contributed by atoms with E-state index < -0.39 is 0 Å². The fraction of sp³-hybridized carbons (Fsp3) is 0.0200. The van der Waals surface area contributed by atoms with Gasteiger partial charge in [0, 0.05) is 60.1 Å². The van der Waals surface area contributed by atoms with Crippen LogP contribution in [-0.4, -0.2) is 14.1 Å². The monoisotopic (exact) mass is 689 g/mol. The summed E-state index contributed by atoms with van der Waals surface area (Å²) in [6.07, 6.45) is 0. The molecule has 0 saturated carbocycles. The maximum atomic E-state index is 6.66. The number of pyridine rings is 1. The second-order valence-corrected chi connectivity index (χ2v) is 14.3. The van der Waals surface area contributed by atoms with E-state index >= 15 is 0 Å². The SMILES string of the molecule is Cc1c(-n2c3cc(-n4c5ccccc5c5ccccc54)ccc3c3c4ccccc4ccc32)nc2ccccc2c1-c1cccc2c1oc1ccccc12. The molecular weight excluding hydrogens is 659 g/mol. The number of fused-ring (bicyclic) bond motifs is 12. The van der Waals surface area contributed by atoms with Crippen molar-refractivity contribution < 1.29 is 4.42 Å². The molecule has 12 rings (SSSR count). The maximum Gasteiger partial charge on any atom is 0.143 e. The Hall–Kier alpha value is -7.17. The largest absolute Gasteiger partial charge is 0.455 e. The van der Waals surface area contributed by atoms with Gasteiger partial charge in [0.15, 0.2) is 0 Å². The first-order valence-electron chi connectivity index (χ1n) is 18.5. The van der Waals surface area contributed by atoms with Crippen molar-refractivity contribution in [1.82, 2.24) is 14.1 Å². The Morgan fingerprint density at radius 2 is 1.13 bits per heavy atom. The minimum Gasteiger partial charge on any atom is -0.455 e. The summed E-state index contributed by atoms with van der Waals surface area (Å²) >= 11 is 0. The summed E-state index contributed by atoms with van der Waals surface area (Å²) in [6.45, 7) is 2.22. The number of hydrogen-bond donors (Lipinski definition) is 0. The van der Waals surface area contributed by atoms with Gasteiger partial charge in [-0.25, -0.2) is 4.98 Å². The van der Waals surface area contributed by atoms with Gasteiger partial charge in [0.25, 0.3) is 0 Å². The standard InChI is InChI=1S/C50H31N3O/c1-30-47(40-20-12-19-37-36-17-7-11-24-46(36)54-49(37)40)38-18-4-8-21-41(38)51-50(30)53-44-28-25-31-13-2-3-14-33(31)48(44)39-27-26-32(29-45(39)53)52-42-22-9-5-15-34(42)35-16-6-10-23-43(35)52/h2-29H,1H3. The van der Waals surface area contributed by atoms with Crippen molar-refractivity contribution in [2.75, 3.05) is 0 Å². The summed E-state index contributed by atoms with van der Waals surface area (Å²) < 4.78 is 11.5. The van der Waals surface area contributed by atoms with Gasteiger partial charge in [-0.15, -0.1) is 0 Å². The molecule has 4 heteroatoms. The number of nitrogens with zero attached hydrogens (tertiary/aromatic N) is 3. The Bertz CT molecular complexity index is 3470. The van der Waals surface area contributed by atoms with Gasteiger partial charge in [0.1, 0.15) is 17.0 Å². The first-order chi connectivity index (χ1) is 26.7. The molecular formula is C50H31N3O. The van der Waals surface area contributed by atoms with Crippen molar-refractivity contribution >= 4 is 87.2 Å². The molecule has 0 aliphatic carbocycles. The van der Waals surface area contributed by atoms with E-state index in [0.29, 0.717) is 0 Å². The predicted octanol–water partition coefficient (Wildman–Crippen LogP) is 13.5. The first kappa shape index (κ1) is 29.4. The molecule has 0 radical (unpaired) electrons. The summed E-state index contributed by atoms with van der Waals surface area (Å²) in [5.74, 6) is 0.909. The maximum absolute atomic E-state index is 6.66. The number of rotatable bonds is 3. The zero-order valence-corrected chi connectivity index (χ0v) is 29.4. The van der Waals surface area contributed by atoms with Gasteiger partial charge in [-0.2, -0.15) is 0 Å². The van der Waals surface area contributed by atoms with E-state index in [4.69, 9.17) is 9.40 Å². The van der Waals surface area contributed by atoms with Crippen molar-refractivity contribution in [1.29, 1.82) is 0 Å². The Kier molecular flexibility index (Phi) is 5.95. The predicted molar refractivity (Wildman–Crippen MR) is 225 cm³/mol. The molecule has 0 aliphatic heterocycles. The van der Waals surface area contributed by atoms with Crippen molar-refractivity contribution in [3.05, 3.63) is 175 Å². The van der Waals surface area contributed by atoms with Crippen molar-refractivity contribution in [3.63, 3.8) is 0 Å². The van der Waals surface area contributed by atoms with Crippen LogP contribution in [0.1, 0.15) is 5.56 Å². The van der Waals surface area contributed by atoms with Crippen LogP contribution in [0.15, 0.2) is 174 Å². The fourth-order valence-electron chi connectivity index (χ4n) is 9.15. The van der Waals surface area contributed by atoms with Crippen molar-refractivity contribution in [2.45, 2.75) is 6.92 Å². The van der Waals surface area contributed by atoms with E-state index in [1.165, 1.54) is 43.4 Å². The number of benzene rings is 8. The van der Waals surface area contributed by atoms with Crippen LogP contribution in [-0.2, 0) is 0 Å². The lowest BCUT2D eigenvalue weighted by atomic mass is 9.94. The average Bonchev–Trinajstić information content (AvgIpc) is 3.88. The number of hydrogen-bond acceptors (Lipinski definition) is 2. The van der Waals surface area contributed by atoms with Crippen molar-refractivity contribution in [3.8, 4) is 22.6 Å². The molecule has 4 heterocycles. The highest BCUT2D eigenvalue weighted by atomic mass is 16.3. The van der Waals surface area contributed by atoms with Crippen LogP contribution in [0.3, 0.4) is 0 Å². The Balaban J connectivity index is 1.23. The molecule has 0 bridgehead atoms. The van der Waals surface area contributed by atoms with Crippen molar-refractivity contribution in [2.24, 2.45) is 0 Å². The quantitative estimate of drug-likeness (QED) is 0.185. The van der Waals surface area contributed by atoms with Crippen LogP contribution in [0, 0.1) is 6.92 Å². The van der Waals surface area contributed by atoms with Crippen LogP contribution >= 0.6 is 0 Å². The van der Waals surface area contributed by atoms with Crippen LogP contribution in [0.2, 0.25) is 0 Å². The van der Waals surface area contributed by atoms with Gasteiger partial charge < -0.3 is 8.98 Å². The molecule has 0 atom stereocenters. The highest BCUT2D eigenvalue weighted by Gasteiger charge is 2.23. The molecule has 4 aromatic heterocycles. The molecule has 54 heavy (non-hydrogen) atoms. The number of aromatic nitrogens is 3. The van der Waals surface area contributed by atoms with Gasteiger partial charge in [0.05, 0.1) is 27.6 Å². The molecule has 0 saturated heterocycles. The molecule has 0 aliphatic rings. The number of para-hydroxylation sites is 5. The molecule has 252 valence electrons. The average molecular weight is 690 g/mol. The second kappa shape index (κ2) is 10.9. The van der Waals surface area contributed by atoms with Gasteiger partial charge in [-0.1, -0.05) is 127 Å². The van der Waals surface area contributed by atoms with E-state index in [1.54, 1.807) is 0 Å². The molecule has 4 nitrogen and oxygen atoms in total.